The van der Waals surface area contributed by atoms with Crippen molar-refractivity contribution in [3.05, 3.63) is 0 Å². The van der Waals surface area contributed by atoms with Crippen LogP contribution in [0, 0.1) is 5.41 Å². The van der Waals surface area contributed by atoms with Crippen molar-refractivity contribution < 1.29 is 72.6 Å². The van der Waals surface area contributed by atoms with Gasteiger partial charge in [-0.2, -0.15) is 0 Å². The second kappa shape index (κ2) is 10.5. The Kier molecular flexibility index (Phi) is 12.3. The van der Waals surface area contributed by atoms with Crippen LogP contribution in [0.3, 0.4) is 0 Å². The average Bonchev–Trinajstić information content (AvgIpc) is 2.21. The van der Waals surface area contributed by atoms with E-state index in [1.807, 2.05) is 6.92 Å². The Labute approximate surface area is 147 Å². The summed E-state index contributed by atoms with van der Waals surface area (Å²) in [6.07, 6.45) is 4.69. The molecule has 17 heavy (non-hydrogen) atoms. The molecule has 0 amide bonds. The minimum Gasteiger partial charge on any atom is -1.00 e. The molecule has 0 unspecified atom stereocenters. The molecule has 0 atom stereocenters. The molecule has 0 saturated carbocycles. The van der Waals surface area contributed by atoms with Crippen molar-refractivity contribution in [2.24, 2.45) is 5.41 Å². The van der Waals surface area contributed by atoms with Gasteiger partial charge in [0, 0.05) is 0 Å². The van der Waals surface area contributed by atoms with Crippen LogP contribution in [-0.4, -0.2) is 22.2 Å². The Morgan fingerprint density at radius 3 is 1.82 bits per heavy atom. The fourth-order valence-electron chi connectivity index (χ4n) is 1.92. The molecular formula is C12H23KO4. The molecule has 0 aromatic rings. The third-order valence-electron chi connectivity index (χ3n) is 2.95. The van der Waals surface area contributed by atoms with E-state index in [1.165, 1.54) is 0 Å². The Morgan fingerprint density at radius 1 is 0.941 bits per heavy atom. The zero-order valence-corrected chi connectivity index (χ0v) is 14.3. The van der Waals surface area contributed by atoms with Crippen LogP contribution < -0.4 is 51.4 Å². The molecule has 0 heterocycles. The van der Waals surface area contributed by atoms with Crippen LogP contribution in [0.25, 0.3) is 0 Å². The van der Waals surface area contributed by atoms with Crippen LogP contribution in [0.2, 0.25) is 0 Å². The molecule has 0 bridgehead atoms. The van der Waals surface area contributed by atoms with Gasteiger partial charge in [-0.25, -0.2) is 0 Å². The maximum atomic E-state index is 11.1. The number of hydrogen-bond donors (Lipinski definition) is 2. The number of rotatable bonds is 9. The molecular weight excluding hydrogens is 247 g/mol. The van der Waals surface area contributed by atoms with Gasteiger partial charge in [-0.1, -0.05) is 46.0 Å². The van der Waals surface area contributed by atoms with Gasteiger partial charge >= 0.3 is 63.3 Å². The molecule has 0 aliphatic carbocycles. The van der Waals surface area contributed by atoms with Gasteiger partial charge in [-0.05, 0) is 12.8 Å². The molecule has 0 spiro atoms. The normalized spacial score (nSPS) is 10.7. The number of unbranched alkanes of at least 4 members (excludes halogenated alkanes) is 3. The van der Waals surface area contributed by atoms with Crippen molar-refractivity contribution in [2.45, 2.75) is 58.8 Å². The van der Waals surface area contributed by atoms with Crippen LogP contribution in [0.15, 0.2) is 0 Å². The summed E-state index contributed by atoms with van der Waals surface area (Å²) in [7, 11) is 0. The molecule has 0 aliphatic heterocycles. The predicted octanol–water partition coefficient (Wildman–Crippen LogP) is 0.0290. The first kappa shape index (κ1) is 19.9. The minimum atomic E-state index is -1.57. The summed E-state index contributed by atoms with van der Waals surface area (Å²) < 4.78 is 0. The van der Waals surface area contributed by atoms with Gasteiger partial charge in [-0.3, -0.25) is 9.59 Å². The summed E-state index contributed by atoms with van der Waals surface area (Å²) in [5.74, 6) is -2.39. The van der Waals surface area contributed by atoms with E-state index in [9.17, 15) is 9.59 Å². The van der Waals surface area contributed by atoms with E-state index < -0.39 is 17.4 Å². The standard InChI is InChI=1S/C12H22O4.K.H/c1-3-5-6-7-9-12(8-4-2,10(13)14)11(15)16;;/h3-9H2,1-2H3,(H,13,14)(H,15,16);;/q;+1;-1. The largest absolute Gasteiger partial charge is 1.00 e. The molecule has 5 heteroatoms. The van der Waals surface area contributed by atoms with Gasteiger partial charge in [0.05, 0.1) is 0 Å². The summed E-state index contributed by atoms with van der Waals surface area (Å²) in [6, 6.07) is 0. The number of hydrogen-bond acceptors (Lipinski definition) is 2. The Morgan fingerprint density at radius 2 is 1.47 bits per heavy atom. The molecule has 96 valence electrons. The van der Waals surface area contributed by atoms with Crippen molar-refractivity contribution in [3.63, 3.8) is 0 Å². The third kappa shape index (κ3) is 6.34. The first-order chi connectivity index (χ1) is 7.51. The molecule has 0 radical (unpaired) electrons. The topological polar surface area (TPSA) is 74.6 Å². The van der Waals surface area contributed by atoms with Crippen LogP contribution in [-0.2, 0) is 9.59 Å². The first-order valence-electron chi connectivity index (χ1n) is 5.98. The van der Waals surface area contributed by atoms with Crippen LogP contribution in [0.1, 0.15) is 60.2 Å². The Balaban J connectivity index is -0.00000112. The maximum Gasteiger partial charge on any atom is 1.00 e. The molecule has 2 N–H and O–H groups in total. The summed E-state index contributed by atoms with van der Waals surface area (Å²) in [4.78, 5) is 22.3. The SMILES string of the molecule is CCCCCCC(CCC)(C(=O)O)C(=O)O.[H-].[K+]. The molecule has 0 rings (SSSR count). The second-order valence-electron chi connectivity index (χ2n) is 4.25. The van der Waals surface area contributed by atoms with Crippen LogP contribution in [0.5, 0.6) is 0 Å². The van der Waals surface area contributed by atoms with Crippen molar-refractivity contribution in [1.29, 1.82) is 0 Å². The van der Waals surface area contributed by atoms with Crippen molar-refractivity contribution in [2.75, 3.05) is 0 Å². The van der Waals surface area contributed by atoms with E-state index in [2.05, 4.69) is 6.92 Å². The van der Waals surface area contributed by atoms with Gasteiger partial charge < -0.3 is 11.6 Å². The molecule has 0 aromatic heterocycles. The molecule has 0 saturated heterocycles. The number of carbonyl (C=O) groups is 2. The van der Waals surface area contributed by atoms with Gasteiger partial charge in [0.15, 0.2) is 5.41 Å². The van der Waals surface area contributed by atoms with E-state index in [-0.39, 0.29) is 65.7 Å². The Hall–Kier alpha value is 0.576. The fraction of sp³-hybridized carbons (Fsp3) is 0.833. The summed E-state index contributed by atoms with van der Waals surface area (Å²) in [5, 5.41) is 18.2. The zero-order chi connectivity index (χ0) is 12.6. The molecule has 0 aliphatic rings. The van der Waals surface area contributed by atoms with E-state index in [1.54, 1.807) is 0 Å². The van der Waals surface area contributed by atoms with Crippen LogP contribution in [0.4, 0.5) is 0 Å². The fourth-order valence-corrected chi connectivity index (χ4v) is 1.92. The number of carboxylic acids is 2. The third-order valence-corrected chi connectivity index (χ3v) is 2.95. The van der Waals surface area contributed by atoms with E-state index in [4.69, 9.17) is 10.2 Å². The number of aliphatic carboxylic acids is 2. The van der Waals surface area contributed by atoms with Crippen molar-refractivity contribution >= 4 is 11.9 Å². The zero-order valence-electron chi connectivity index (χ0n) is 12.2. The van der Waals surface area contributed by atoms with Crippen molar-refractivity contribution in [1.82, 2.24) is 0 Å². The monoisotopic (exact) mass is 270 g/mol. The first-order valence-corrected chi connectivity index (χ1v) is 5.98. The second-order valence-corrected chi connectivity index (χ2v) is 4.25. The summed E-state index contributed by atoms with van der Waals surface area (Å²) in [5.41, 5.74) is -1.57. The number of carboxylic acid groups (broad SMARTS) is 2. The molecule has 0 fully saturated rings. The minimum absolute atomic E-state index is 0. The van der Waals surface area contributed by atoms with E-state index >= 15 is 0 Å². The molecule has 0 aromatic carbocycles. The van der Waals surface area contributed by atoms with Crippen LogP contribution >= 0.6 is 0 Å². The molecule has 4 nitrogen and oxygen atoms in total. The quantitative estimate of drug-likeness (QED) is 0.352. The predicted molar refractivity (Wildman–Crippen MR) is 62.5 cm³/mol. The summed E-state index contributed by atoms with van der Waals surface area (Å²) >= 11 is 0. The summed E-state index contributed by atoms with van der Waals surface area (Å²) in [6.45, 7) is 3.88. The van der Waals surface area contributed by atoms with Gasteiger partial charge in [0.1, 0.15) is 0 Å². The van der Waals surface area contributed by atoms with Gasteiger partial charge in [-0.15, -0.1) is 0 Å². The van der Waals surface area contributed by atoms with Crippen molar-refractivity contribution in [3.8, 4) is 0 Å². The average molecular weight is 270 g/mol. The van der Waals surface area contributed by atoms with Gasteiger partial charge in [0.25, 0.3) is 0 Å². The smallest absolute Gasteiger partial charge is 1.00 e. The van der Waals surface area contributed by atoms with E-state index in [0.717, 1.165) is 19.3 Å². The van der Waals surface area contributed by atoms with Gasteiger partial charge in [0.2, 0.25) is 0 Å². The van der Waals surface area contributed by atoms with E-state index in [0.29, 0.717) is 12.8 Å². The Bertz CT molecular complexity index is 232. The maximum absolute atomic E-state index is 11.1.